The summed E-state index contributed by atoms with van der Waals surface area (Å²) in [6.45, 7) is 0. The van der Waals surface area contributed by atoms with Gasteiger partial charge in [0.2, 0.25) is 0 Å². The van der Waals surface area contributed by atoms with Crippen molar-refractivity contribution in [3.8, 4) is 22.3 Å². The van der Waals surface area contributed by atoms with Crippen molar-refractivity contribution >= 4 is 50.1 Å². The van der Waals surface area contributed by atoms with Crippen molar-refractivity contribution in [1.82, 2.24) is 0 Å². The minimum absolute atomic E-state index is 0.509. The number of fused-ring (bicyclic) bond motifs is 10. The average Bonchev–Trinajstić information content (AvgIpc) is 3.67. The van der Waals surface area contributed by atoms with E-state index in [9.17, 15) is 0 Å². The van der Waals surface area contributed by atoms with Crippen LogP contribution < -0.4 is 9.80 Å². The minimum atomic E-state index is -0.509. The zero-order valence-electron chi connectivity index (χ0n) is 28.3. The van der Waals surface area contributed by atoms with Crippen LogP contribution >= 0.6 is 15.9 Å². The van der Waals surface area contributed by atoms with Crippen molar-refractivity contribution < 1.29 is 0 Å². The Balaban J connectivity index is 1.26. The highest BCUT2D eigenvalue weighted by Crippen LogP contribution is 2.64. The molecule has 0 saturated carbocycles. The number of benzene rings is 8. The normalized spacial score (nSPS) is 12.9. The summed E-state index contributed by atoms with van der Waals surface area (Å²) in [6, 6.07) is 72.9. The first-order valence-corrected chi connectivity index (χ1v) is 18.5. The van der Waals surface area contributed by atoms with Gasteiger partial charge in [0.1, 0.15) is 0 Å². The third-order valence-corrected chi connectivity index (χ3v) is 11.2. The molecule has 0 amide bonds. The average molecular weight is 730 g/mol. The molecule has 0 N–H and O–H groups in total. The monoisotopic (exact) mass is 728 g/mol. The molecular weight excluding hydrogens is 696 g/mol. The second kappa shape index (κ2) is 12.3. The maximum Gasteiger partial charge on any atom is 0.0727 e. The quantitative estimate of drug-likeness (QED) is 0.168. The summed E-state index contributed by atoms with van der Waals surface area (Å²) in [6.07, 6.45) is 0. The molecule has 3 heteroatoms. The van der Waals surface area contributed by atoms with Crippen LogP contribution in [0.3, 0.4) is 0 Å². The summed E-state index contributed by atoms with van der Waals surface area (Å²) in [5.74, 6) is 0. The van der Waals surface area contributed by atoms with Crippen molar-refractivity contribution in [2.45, 2.75) is 5.41 Å². The number of halogens is 1. The number of nitrogens with zero attached hydrogens (tertiary/aromatic N) is 2. The summed E-state index contributed by atoms with van der Waals surface area (Å²) < 4.78 is 1.06. The van der Waals surface area contributed by atoms with Crippen molar-refractivity contribution in [3.63, 3.8) is 0 Å². The molecule has 1 spiro atoms. The molecule has 2 aliphatic carbocycles. The van der Waals surface area contributed by atoms with Crippen LogP contribution in [0.5, 0.6) is 0 Å². The van der Waals surface area contributed by atoms with Crippen LogP contribution in [0.2, 0.25) is 0 Å². The lowest BCUT2D eigenvalue weighted by molar-refractivity contribution is 0.793. The van der Waals surface area contributed by atoms with E-state index in [0.717, 1.165) is 38.6 Å². The Morgan fingerprint density at radius 1 is 0.288 bits per heavy atom. The van der Waals surface area contributed by atoms with E-state index >= 15 is 0 Å². The lowest BCUT2D eigenvalue weighted by atomic mass is 9.70. The fourth-order valence-corrected chi connectivity index (χ4v) is 8.87. The molecule has 0 aromatic heterocycles. The van der Waals surface area contributed by atoms with Crippen LogP contribution in [0.4, 0.5) is 34.1 Å². The van der Waals surface area contributed by atoms with Gasteiger partial charge in [0.15, 0.2) is 0 Å². The SMILES string of the molecule is Brc1ccc(N(c2ccccc2)c2ccc3c(c2)C2(c4ccccc4-c4ccccc42)c2cc(N(c4ccccc4)c4ccccc4)ccc2-3)cc1. The van der Waals surface area contributed by atoms with Crippen LogP contribution in [-0.4, -0.2) is 0 Å². The van der Waals surface area contributed by atoms with Crippen molar-refractivity contribution in [1.29, 1.82) is 0 Å². The maximum absolute atomic E-state index is 3.66. The van der Waals surface area contributed by atoms with Gasteiger partial charge in [-0.3, -0.25) is 0 Å². The van der Waals surface area contributed by atoms with Gasteiger partial charge in [-0.15, -0.1) is 0 Å². The van der Waals surface area contributed by atoms with Crippen molar-refractivity contribution in [3.05, 3.63) is 227 Å². The topological polar surface area (TPSA) is 6.48 Å². The van der Waals surface area contributed by atoms with Gasteiger partial charge in [0.25, 0.3) is 0 Å². The van der Waals surface area contributed by atoms with E-state index in [1.807, 2.05) is 0 Å². The first-order chi connectivity index (χ1) is 25.7. The second-order valence-electron chi connectivity index (χ2n) is 13.5. The molecule has 0 fully saturated rings. The molecule has 0 radical (unpaired) electrons. The molecule has 2 aliphatic rings. The summed E-state index contributed by atoms with van der Waals surface area (Å²) in [5, 5.41) is 0. The van der Waals surface area contributed by atoms with E-state index in [1.54, 1.807) is 0 Å². The highest BCUT2D eigenvalue weighted by atomic mass is 79.9. The standard InChI is InChI=1S/C49H33BrN2/c50-34-24-26-38(27-25-34)52(37-18-8-3-9-19-37)40-29-31-44-43-30-28-39(51(35-14-4-1-5-15-35)36-16-6-2-7-17-36)32-47(43)49(48(44)33-40)45-22-12-10-20-41(45)42-21-11-13-23-46(42)49/h1-33H. The second-order valence-corrected chi connectivity index (χ2v) is 14.4. The molecule has 0 saturated heterocycles. The zero-order chi connectivity index (χ0) is 34.6. The summed E-state index contributed by atoms with van der Waals surface area (Å²) in [4.78, 5) is 4.74. The van der Waals surface area contributed by atoms with Gasteiger partial charge in [-0.1, -0.05) is 131 Å². The Kier molecular flexibility index (Phi) is 7.23. The highest BCUT2D eigenvalue weighted by Gasteiger charge is 2.52. The molecule has 8 aromatic carbocycles. The lowest BCUT2D eigenvalue weighted by Crippen LogP contribution is -2.26. The van der Waals surface area contributed by atoms with Gasteiger partial charge in [-0.05, 0) is 129 Å². The Hall–Kier alpha value is -6.16. The Morgan fingerprint density at radius 2 is 0.615 bits per heavy atom. The largest absolute Gasteiger partial charge is 0.310 e. The molecule has 2 nitrogen and oxygen atoms in total. The third-order valence-electron chi connectivity index (χ3n) is 10.7. The molecule has 246 valence electrons. The number of hydrogen-bond donors (Lipinski definition) is 0. The van der Waals surface area contributed by atoms with Crippen molar-refractivity contribution in [2.75, 3.05) is 9.80 Å². The summed E-state index contributed by atoms with van der Waals surface area (Å²) in [5.41, 5.74) is 16.6. The molecule has 0 atom stereocenters. The van der Waals surface area contributed by atoms with Crippen molar-refractivity contribution in [2.24, 2.45) is 0 Å². The van der Waals surface area contributed by atoms with E-state index in [4.69, 9.17) is 0 Å². The highest BCUT2D eigenvalue weighted by molar-refractivity contribution is 9.10. The first-order valence-electron chi connectivity index (χ1n) is 17.7. The third kappa shape index (κ3) is 4.63. The minimum Gasteiger partial charge on any atom is -0.310 e. The maximum atomic E-state index is 3.66. The van der Waals surface area contributed by atoms with Crippen LogP contribution in [0.25, 0.3) is 22.3 Å². The molecule has 0 aliphatic heterocycles. The van der Waals surface area contributed by atoms with Crippen LogP contribution in [-0.2, 0) is 5.41 Å². The van der Waals surface area contributed by atoms with Gasteiger partial charge in [-0.25, -0.2) is 0 Å². The number of para-hydroxylation sites is 3. The molecule has 8 aromatic rings. The van der Waals surface area contributed by atoms with Crippen LogP contribution in [0, 0.1) is 0 Å². The predicted octanol–water partition coefficient (Wildman–Crippen LogP) is 13.7. The van der Waals surface area contributed by atoms with E-state index < -0.39 is 5.41 Å². The molecule has 0 unspecified atom stereocenters. The fourth-order valence-electron chi connectivity index (χ4n) is 8.61. The smallest absolute Gasteiger partial charge is 0.0727 e. The van der Waals surface area contributed by atoms with Gasteiger partial charge in [0.05, 0.1) is 5.41 Å². The summed E-state index contributed by atoms with van der Waals surface area (Å²) >= 11 is 3.66. The lowest BCUT2D eigenvalue weighted by Gasteiger charge is -2.33. The Bertz CT molecular complexity index is 2500. The Labute approximate surface area is 313 Å². The fraction of sp³-hybridized carbons (Fsp3) is 0.0204. The molecule has 0 bridgehead atoms. The van der Waals surface area contributed by atoms with Gasteiger partial charge < -0.3 is 9.80 Å². The Morgan fingerprint density at radius 3 is 1.04 bits per heavy atom. The molecule has 10 rings (SSSR count). The van der Waals surface area contributed by atoms with E-state index in [1.165, 1.54) is 44.5 Å². The predicted molar refractivity (Wildman–Crippen MR) is 220 cm³/mol. The molecular formula is C49H33BrN2. The van der Waals surface area contributed by atoms with Gasteiger partial charge in [-0.2, -0.15) is 0 Å². The first kappa shape index (κ1) is 30.6. The van der Waals surface area contributed by atoms with E-state index in [2.05, 4.69) is 226 Å². The van der Waals surface area contributed by atoms with E-state index in [0.29, 0.717) is 0 Å². The van der Waals surface area contributed by atoms with Gasteiger partial charge in [0, 0.05) is 38.6 Å². The number of anilines is 6. The zero-order valence-corrected chi connectivity index (χ0v) is 29.9. The number of rotatable bonds is 6. The van der Waals surface area contributed by atoms with Gasteiger partial charge >= 0.3 is 0 Å². The molecule has 0 heterocycles. The van der Waals surface area contributed by atoms with Crippen LogP contribution in [0.15, 0.2) is 205 Å². The number of hydrogen-bond acceptors (Lipinski definition) is 2. The van der Waals surface area contributed by atoms with E-state index in [-0.39, 0.29) is 0 Å². The molecule has 52 heavy (non-hydrogen) atoms. The summed E-state index contributed by atoms with van der Waals surface area (Å²) in [7, 11) is 0. The van der Waals surface area contributed by atoms with Crippen LogP contribution in [0.1, 0.15) is 22.3 Å².